The van der Waals surface area contributed by atoms with E-state index in [-0.39, 0.29) is 11.7 Å². The lowest BCUT2D eigenvalue weighted by molar-refractivity contribution is 0.0698. The average Bonchev–Trinajstić information content (AvgIpc) is 3.16. The molecule has 1 aromatic carbocycles. The molecule has 0 spiro atoms. The third-order valence-electron chi connectivity index (χ3n) is 4.01. The van der Waals surface area contributed by atoms with Crippen molar-refractivity contribution in [2.24, 2.45) is 0 Å². The van der Waals surface area contributed by atoms with Crippen LogP contribution >= 0.6 is 0 Å². The summed E-state index contributed by atoms with van der Waals surface area (Å²) < 4.78 is 26.7. The molecule has 0 bridgehead atoms. The number of carbonyl (C=O) groups excluding carboxylic acids is 1. The van der Waals surface area contributed by atoms with Gasteiger partial charge in [-0.25, -0.2) is 13.1 Å². The van der Waals surface area contributed by atoms with Gasteiger partial charge in [-0.3, -0.25) is 4.79 Å². The highest BCUT2D eigenvalue weighted by Gasteiger charge is 2.28. The molecule has 0 unspecified atom stereocenters. The molecule has 1 amide bonds. The fourth-order valence-corrected chi connectivity index (χ4v) is 3.66. The van der Waals surface area contributed by atoms with Gasteiger partial charge in [0.05, 0.1) is 11.4 Å². The maximum atomic E-state index is 12.5. The lowest BCUT2D eigenvalue weighted by Gasteiger charge is -2.33. The number of amides is 1. The second-order valence-corrected chi connectivity index (χ2v) is 7.65. The van der Waals surface area contributed by atoms with Crippen molar-refractivity contribution in [3.63, 3.8) is 0 Å². The Kier molecular flexibility index (Phi) is 4.58. The van der Waals surface area contributed by atoms with Gasteiger partial charge >= 0.3 is 0 Å². The van der Waals surface area contributed by atoms with E-state index in [4.69, 9.17) is 0 Å². The molecule has 3 rings (SSSR count). The van der Waals surface area contributed by atoms with E-state index in [0.29, 0.717) is 31.7 Å². The molecule has 24 heavy (non-hydrogen) atoms. The molecule has 0 aliphatic carbocycles. The molecule has 1 aliphatic heterocycles. The lowest BCUT2D eigenvalue weighted by atomic mass is 10.1. The van der Waals surface area contributed by atoms with Gasteiger partial charge in [-0.1, -0.05) is 0 Å². The first-order valence-electron chi connectivity index (χ1n) is 7.62. The van der Waals surface area contributed by atoms with E-state index >= 15 is 0 Å². The van der Waals surface area contributed by atoms with E-state index in [1.165, 1.54) is 15.3 Å². The van der Waals surface area contributed by atoms with Crippen LogP contribution in [0.25, 0.3) is 5.69 Å². The average molecular weight is 350 g/mol. The zero-order valence-electron chi connectivity index (χ0n) is 13.2. The Morgan fingerprint density at radius 3 is 2.33 bits per heavy atom. The van der Waals surface area contributed by atoms with Crippen LogP contribution in [0.4, 0.5) is 0 Å². The Hall–Kier alpha value is -2.33. The molecule has 2 heterocycles. The number of piperazine rings is 1. The second kappa shape index (κ2) is 6.65. The molecular weight excluding hydrogens is 332 g/mol. The molecule has 1 aromatic heterocycles. The number of carbonyl (C=O) groups is 1. The molecule has 0 saturated carbocycles. The summed E-state index contributed by atoms with van der Waals surface area (Å²) in [5.74, 6) is -0.0219. The molecule has 1 aliphatic rings. The minimum absolute atomic E-state index is 0.0829. The first-order chi connectivity index (χ1) is 11.5. The summed E-state index contributed by atoms with van der Waals surface area (Å²) in [6, 6.07) is 6.96. The Morgan fingerprint density at radius 2 is 1.79 bits per heavy atom. The number of tetrazole rings is 1. The van der Waals surface area contributed by atoms with Crippen molar-refractivity contribution < 1.29 is 13.2 Å². The number of rotatable bonds is 4. The smallest absolute Gasteiger partial charge is 0.253 e. The highest BCUT2D eigenvalue weighted by Crippen LogP contribution is 2.13. The van der Waals surface area contributed by atoms with Crippen LogP contribution in [-0.2, 0) is 10.0 Å². The summed E-state index contributed by atoms with van der Waals surface area (Å²) >= 11 is 0. The van der Waals surface area contributed by atoms with E-state index in [1.807, 2.05) is 0 Å². The van der Waals surface area contributed by atoms with E-state index < -0.39 is 10.0 Å². The van der Waals surface area contributed by atoms with Gasteiger partial charge in [0.15, 0.2) is 0 Å². The predicted octanol–water partition coefficient (Wildman–Crippen LogP) is -0.230. The van der Waals surface area contributed by atoms with Crippen LogP contribution in [0.1, 0.15) is 17.3 Å². The van der Waals surface area contributed by atoms with Crippen LogP contribution in [-0.4, -0.2) is 75.7 Å². The summed E-state index contributed by atoms with van der Waals surface area (Å²) in [6.07, 6.45) is 1.48. The first-order valence-corrected chi connectivity index (χ1v) is 9.22. The zero-order valence-corrected chi connectivity index (χ0v) is 14.1. The van der Waals surface area contributed by atoms with Crippen molar-refractivity contribution >= 4 is 15.9 Å². The van der Waals surface area contributed by atoms with Crippen molar-refractivity contribution in [1.82, 2.24) is 29.4 Å². The predicted molar refractivity (Wildman–Crippen MR) is 86.1 cm³/mol. The molecule has 128 valence electrons. The third-order valence-corrected chi connectivity index (χ3v) is 5.89. The third kappa shape index (κ3) is 3.29. The molecule has 1 fully saturated rings. The number of hydrogen-bond acceptors (Lipinski definition) is 6. The van der Waals surface area contributed by atoms with Gasteiger partial charge in [-0.15, -0.1) is 5.10 Å². The van der Waals surface area contributed by atoms with Gasteiger partial charge < -0.3 is 4.90 Å². The van der Waals surface area contributed by atoms with Gasteiger partial charge in [-0.2, -0.15) is 4.31 Å². The Morgan fingerprint density at radius 1 is 1.12 bits per heavy atom. The largest absolute Gasteiger partial charge is 0.336 e. The number of aromatic nitrogens is 4. The summed E-state index contributed by atoms with van der Waals surface area (Å²) in [7, 11) is -3.19. The maximum absolute atomic E-state index is 12.5. The lowest BCUT2D eigenvalue weighted by Crippen LogP contribution is -2.50. The highest BCUT2D eigenvalue weighted by molar-refractivity contribution is 7.89. The van der Waals surface area contributed by atoms with Crippen molar-refractivity contribution in [2.75, 3.05) is 31.9 Å². The van der Waals surface area contributed by atoms with E-state index in [0.717, 1.165) is 5.69 Å². The minimum atomic E-state index is -3.19. The highest BCUT2D eigenvalue weighted by atomic mass is 32.2. The molecule has 10 heteroatoms. The Labute approximate surface area is 139 Å². The molecule has 2 aromatic rings. The minimum Gasteiger partial charge on any atom is -0.336 e. The van der Waals surface area contributed by atoms with Gasteiger partial charge in [0.1, 0.15) is 6.33 Å². The fourth-order valence-electron chi connectivity index (χ4n) is 2.57. The topological polar surface area (TPSA) is 101 Å². The van der Waals surface area contributed by atoms with E-state index in [1.54, 1.807) is 36.1 Å². The number of nitrogens with zero attached hydrogens (tertiary/aromatic N) is 6. The summed E-state index contributed by atoms with van der Waals surface area (Å²) in [4.78, 5) is 14.2. The zero-order chi connectivity index (χ0) is 17.2. The SMILES string of the molecule is CCS(=O)(=O)N1CCN(C(=O)c2ccc(-n3cnnn3)cc2)CC1. The van der Waals surface area contributed by atoms with Crippen molar-refractivity contribution in [3.05, 3.63) is 36.2 Å². The van der Waals surface area contributed by atoms with Gasteiger partial charge in [0, 0.05) is 31.7 Å². The van der Waals surface area contributed by atoms with Crippen LogP contribution in [0.2, 0.25) is 0 Å². The van der Waals surface area contributed by atoms with Gasteiger partial charge in [0.2, 0.25) is 10.0 Å². The Bertz CT molecular complexity index is 796. The molecule has 1 saturated heterocycles. The second-order valence-electron chi connectivity index (χ2n) is 5.39. The Balaban J connectivity index is 1.65. The summed E-state index contributed by atoms with van der Waals surface area (Å²) in [5.41, 5.74) is 1.31. The van der Waals surface area contributed by atoms with Gasteiger partial charge in [0.25, 0.3) is 5.91 Å². The van der Waals surface area contributed by atoms with E-state index in [2.05, 4.69) is 15.5 Å². The normalized spacial score (nSPS) is 16.3. The molecule has 0 N–H and O–H groups in total. The van der Waals surface area contributed by atoms with Crippen LogP contribution in [0.3, 0.4) is 0 Å². The molecule has 0 radical (unpaired) electrons. The van der Waals surface area contributed by atoms with Crippen LogP contribution in [0.5, 0.6) is 0 Å². The summed E-state index contributed by atoms with van der Waals surface area (Å²) in [6.45, 7) is 3.09. The van der Waals surface area contributed by atoms with Crippen LogP contribution < -0.4 is 0 Å². The molecule has 0 atom stereocenters. The number of hydrogen-bond donors (Lipinski definition) is 0. The standard InChI is InChI=1S/C14H18N6O3S/c1-2-24(22,23)19-9-7-18(8-10-19)14(21)12-3-5-13(6-4-12)20-11-15-16-17-20/h3-6,11H,2,7-10H2,1H3. The quantitative estimate of drug-likeness (QED) is 0.755. The first kappa shape index (κ1) is 16.5. The van der Waals surface area contributed by atoms with Crippen molar-refractivity contribution in [2.45, 2.75) is 6.92 Å². The van der Waals surface area contributed by atoms with Crippen molar-refractivity contribution in [1.29, 1.82) is 0 Å². The van der Waals surface area contributed by atoms with Gasteiger partial charge in [-0.05, 0) is 41.6 Å². The molecule has 9 nitrogen and oxygen atoms in total. The maximum Gasteiger partial charge on any atom is 0.253 e. The monoisotopic (exact) mass is 350 g/mol. The van der Waals surface area contributed by atoms with Crippen LogP contribution in [0.15, 0.2) is 30.6 Å². The molecular formula is C14H18N6O3S. The summed E-state index contributed by atoms with van der Waals surface area (Å²) in [5, 5.41) is 10.9. The van der Waals surface area contributed by atoms with Crippen molar-refractivity contribution in [3.8, 4) is 5.69 Å². The van der Waals surface area contributed by atoms with Crippen LogP contribution in [0, 0.1) is 0 Å². The fraction of sp³-hybridized carbons (Fsp3) is 0.429. The number of benzene rings is 1. The number of sulfonamides is 1. The van der Waals surface area contributed by atoms with E-state index in [9.17, 15) is 13.2 Å².